The van der Waals surface area contributed by atoms with Crippen LogP contribution in [0.5, 0.6) is 0 Å². The first kappa shape index (κ1) is 7.93. The third-order valence-corrected chi connectivity index (χ3v) is 2.11. The monoisotopic (exact) mass is 194 g/mol. The largest absolute Gasteiger partial charge is 0.291 e. The van der Waals surface area contributed by atoms with Gasteiger partial charge in [0.2, 0.25) is 5.95 Å². The summed E-state index contributed by atoms with van der Waals surface area (Å²) < 4.78 is 0. The van der Waals surface area contributed by atoms with Crippen LogP contribution in [0.4, 0.5) is 5.95 Å². The fraction of sp³-hybridized carbons (Fsp3) is 0. The van der Waals surface area contributed by atoms with Crippen molar-refractivity contribution in [1.29, 1.82) is 0 Å². The Bertz CT molecular complexity index is 381. The molecule has 0 fully saturated rings. The van der Waals surface area contributed by atoms with Gasteiger partial charge in [0.1, 0.15) is 6.33 Å². The van der Waals surface area contributed by atoms with E-state index < -0.39 is 0 Å². The van der Waals surface area contributed by atoms with Gasteiger partial charge in [-0.2, -0.15) is 21.4 Å². The van der Waals surface area contributed by atoms with Crippen molar-refractivity contribution in [2.24, 2.45) is 0 Å². The number of thiophene rings is 1. The summed E-state index contributed by atoms with van der Waals surface area (Å²) in [6.07, 6.45) is 1.34. The average molecular weight is 194 g/mol. The summed E-state index contributed by atoms with van der Waals surface area (Å²) in [7, 11) is 0. The minimum Gasteiger partial charge on any atom is -0.291 e. The van der Waals surface area contributed by atoms with E-state index in [1.54, 1.807) is 11.4 Å². The Morgan fingerprint density at radius 2 is 2.54 bits per heavy atom. The number of nitrogens with zero attached hydrogens (tertiary/aromatic N) is 2. The molecule has 0 saturated carbocycles. The van der Waals surface area contributed by atoms with Crippen molar-refractivity contribution in [3.63, 3.8) is 0 Å². The first-order valence-corrected chi connectivity index (χ1v) is 4.49. The van der Waals surface area contributed by atoms with Gasteiger partial charge in [-0.25, -0.2) is 5.10 Å². The van der Waals surface area contributed by atoms with Crippen molar-refractivity contribution in [3.8, 4) is 0 Å². The lowest BCUT2D eigenvalue weighted by Gasteiger charge is -1.96. The maximum absolute atomic E-state index is 11.4. The van der Waals surface area contributed by atoms with Crippen molar-refractivity contribution in [1.82, 2.24) is 15.2 Å². The van der Waals surface area contributed by atoms with Crippen molar-refractivity contribution in [2.75, 3.05) is 5.32 Å². The van der Waals surface area contributed by atoms with E-state index in [0.29, 0.717) is 11.5 Å². The van der Waals surface area contributed by atoms with Crippen LogP contribution in [0.2, 0.25) is 0 Å². The first-order valence-electron chi connectivity index (χ1n) is 3.55. The molecule has 0 spiro atoms. The van der Waals surface area contributed by atoms with Gasteiger partial charge in [0.25, 0.3) is 5.91 Å². The molecule has 0 bridgehead atoms. The molecule has 2 N–H and O–H groups in total. The van der Waals surface area contributed by atoms with Crippen molar-refractivity contribution in [2.45, 2.75) is 0 Å². The number of aromatic amines is 1. The molecule has 0 aliphatic rings. The molecule has 0 aliphatic carbocycles. The molecule has 6 heteroatoms. The number of nitrogens with one attached hydrogen (secondary N) is 2. The highest BCUT2D eigenvalue weighted by molar-refractivity contribution is 7.08. The van der Waals surface area contributed by atoms with Crippen molar-refractivity contribution in [3.05, 3.63) is 28.7 Å². The van der Waals surface area contributed by atoms with Crippen molar-refractivity contribution < 1.29 is 4.79 Å². The summed E-state index contributed by atoms with van der Waals surface area (Å²) in [6.45, 7) is 0. The molecule has 2 heterocycles. The first-order chi connectivity index (χ1) is 6.36. The predicted molar refractivity (Wildman–Crippen MR) is 48.7 cm³/mol. The molecular formula is C7H6N4OS. The maximum Gasteiger partial charge on any atom is 0.258 e. The number of aromatic nitrogens is 3. The van der Waals surface area contributed by atoms with Gasteiger partial charge in [0.15, 0.2) is 0 Å². The lowest BCUT2D eigenvalue weighted by Crippen LogP contribution is -2.11. The Kier molecular flexibility index (Phi) is 2.05. The Labute approximate surface area is 77.8 Å². The lowest BCUT2D eigenvalue weighted by atomic mass is 10.3. The molecular weight excluding hydrogens is 188 g/mol. The minimum absolute atomic E-state index is 0.182. The number of amides is 1. The van der Waals surface area contributed by atoms with Crippen LogP contribution in [0.15, 0.2) is 23.2 Å². The maximum atomic E-state index is 11.4. The predicted octanol–water partition coefficient (Wildman–Crippen LogP) is 1.12. The Morgan fingerprint density at radius 1 is 1.62 bits per heavy atom. The number of H-pyrrole nitrogens is 1. The van der Waals surface area contributed by atoms with E-state index in [2.05, 4.69) is 20.5 Å². The fourth-order valence-electron chi connectivity index (χ4n) is 0.839. The van der Waals surface area contributed by atoms with Crippen LogP contribution in [-0.2, 0) is 0 Å². The average Bonchev–Trinajstić information content (AvgIpc) is 2.74. The third kappa shape index (κ3) is 1.73. The molecule has 0 radical (unpaired) electrons. The van der Waals surface area contributed by atoms with Crippen LogP contribution in [0, 0.1) is 0 Å². The number of hydrogen-bond acceptors (Lipinski definition) is 4. The van der Waals surface area contributed by atoms with E-state index >= 15 is 0 Å². The van der Waals surface area contributed by atoms with Gasteiger partial charge in [-0.05, 0) is 11.4 Å². The van der Waals surface area contributed by atoms with Gasteiger partial charge >= 0.3 is 0 Å². The molecule has 1 amide bonds. The highest BCUT2D eigenvalue weighted by Gasteiger charge is 2.06. The van der Waals surface area contributed by atoms with Gasteiger partial charge in [-0.1, -0.05) is 0 Å². The molecule has 0 aliphatic heterocycles. The Hall–Kier alpha value is -1.69. The second-order valence-corrected chi connectivity index (χ2v) is 3.08. The molecule has 0 saturated heterocycles. The SMILES string of the molecule is O=C(Nc1ncn[nH]1)c1ccsc1. The molecule has 0 aromatic carbocycles. The Morgan fingerprint density at radius 3 is 3.15 bits per heavy atom. The molecule has 0 atom stereocenters. The summed E-state index contributed by atoms with van der Waals surface area (Å²) in [6, 6.07) is 1.75. The highest BCUT2D eigenvalue weighted by atomic mass is 32.1. The Balaban J connectivity index is 2.08. The zero-order valence-electron chi connectivity index (χ0n) is 6.52. The normalized spacial score (nSPS) is 9.85. The number of carbonyl (C=O) groups excluding carboxylic acids is 1. The van der Waals surface area contributed by atoms with E-state index in [1.807, 2.05) is 5.38 Å². The van der Waals surface area contributed by atoms with Crippen LogP contribution in [-0.4, -0.2) is 21.1 Å². The van der Waals surface area contributed by atoms with Crippen LogP contribution in [0.1, 0.15) is 10.4 Å². The van der Waals surface area contributed by atoms with Crippen LogP contribution >= 0.6 is 11.3 Å². The smallest absolute Gasteiger partial charge is 0.258 e. The summed E-state index contributed by atoms with van der Waals surface area (Å²) in [5.41, 5.74) is 0.626. The molecule has 2 aromatic heterocycles. The second kappa shape index (κ2) is 3.36. The topological polar surface area (TPSA) is 70.7 Å². The molecule has 2 aromatic rings. The standard InChI is InChI=1S/C7H6N4OS/c12-6(5-1-2-13-3-5)10-7-8-4-9-11-7/h1-4H,(H2,8,9,10,11,12). The highest BCUT2D eigenvalue weighted by Crippen LogP contribution is 2.07. The van der Waals surface area contributed by atoms with E-state index in [9.17, 15) is 4.79 Å². The summed E-state index contributed by atoms with van der Waals surface area (Å²) in [5.74, 6) is 0.175. The number of hydrogen-bond donors (Lipinski definition) is 2. The number of anilines is 1. The molecule has 0 unspecified atom stereocenters. The minimum atomic E-state index is -0.182. The van der Waals surface area contributed by atoms with Crippen LogP contribution in [0.25, 0.3) is 0 Å². The van der Waals surface area contributed by atoms with Crippen LogP contribution < -0.4 is 5.32 Å². The number of rotatable bonds is 2. The zero-order chi connectivity index (χ0) is 9.10. The summed E-state index contributed by atoms with van der Waals surface area (Å²) >= 11 is 1.47. The van der Waals surface area contributed by atoms with E-state index in [4.69, 9.17) is 0 Å². The summed E-state index contributed by atoms with van der Waals surface area (Å²) in [4.78, 5) is 15.2. The lowest BCUT2D eigenvalue weighted by molar-refractivity contribution is 0.102. The van der Waals surface area contributed by atoms with Gasteiger partial charge < -0.3 is 0 Å². The van der Waals surface area contributed by atoms with Gasteiger partial charge in [-0.15, -0.1) is 0 Å². The van der Waals surface area contributed by atoms with E-state index in [-0.39, 0.29) is 5.91 Å². The molecule has 66 valence electrons. The third-order valence-electron chi connectivity index (χ3n) is 1.43. The zero-order valence-corrected chi connectivity index (χ0v) is 7.34. The van der Waals surface area contributed by atoms with E-state index in [1.165, 1.54) is 17.7 Å². The van der Waals surface area contributed by atoms with Gasteiger partial charge in [0, 0.05) is 5.38 Å². The van der Waals surface area contributed by atoms with Gasteiger partial charge in [0.05, 0.1) is 5.56 Å². The second-order valence-electron chi connectivity index (χ2n) is 2.30. The van der Waals surface area contributed by atoms with Crippen LogP contribution in [0.3, 0.4) is 0 Å². The molecule has 2 rings (SSSR count). The van der Waals surface area contributed by atoms with Crippen molar-refractivity contribution >= 4 is 23.2 Å². The van der Waals surface area contributed by atoms with E-state index in [0.717, 1.165) is 0 Å². The molecule has 13 heavy (non-hydrogen) atoms. The molecule has 5 nitrogen and oxygen atoms in total. The quantitative estimate of drug-likeness (QED) is 0.752. The van der Waals surface area contributed by atoms with Gasteiger partial charge in [-0.3, -0.25) is 10.1 Å². The summed E-state index contributed by atoms with van der Waals surface area (Å²) in [5, 5.41) is 12.3. The fourth-order valence-corrected chi connectivity index (χ4v) is 1.48. The number of carbonyl (C=O) groups is 1.